The van der Waals surface area contributed by atoms with E-state index in [1.165, 1.54) is 24.3 Å². The largest absolute Gasteiger partial charge is 0.423 e. The number of nitrogens with one attached hydrogen (secondary N) is 1. The molecule has 1 N–H and O–H groups in total. The van der Waals surface area contributed by atoms with Gasteiger partial charge in [0.15, 0.2) is 0 Å². The number of sulfonamides is 1. The molecule has 0 aliphatic carbocycles. The Balaban J connectivity index is 2.01. The Labute approximate surface area is 150 Å². The first-order valence-corrected chi connectivity index (χ1v) is 8.86. The maximum absolute atomic E-state index is 12.8. The smallest absolute Gasteiger partial charge is 0.416 e. The van der Waals surface area contributed by atoms with Gasteiger partial charge in [-0.05, 0) is 42.5 Å². The summed E-state index contributed by atoms with van der Waals surface area (Å²) in [6.07, 6.45) is -4.71. The average Bonchev–Trinajstić information content (AvgIpc) is 2.54. The summed E-state index contributed by atoms with van der Waals surface area (Å²) in [6, 6.07) is 8.66. The highest BCUT2D eigenvalue weighted by Crippen LogP contribution is 2.34. The highest BCUT2D eigenvalue weighted by Gasteiger charge is 2.32. The summed E-state index contributed by atoms with van der Waals surface area (Å²) in [4.78, 5) is 10.4. The van der Waals surface area contributed by atoms with Gasteiger partial charge in [-0.15, -0.1) is 0 Å². The minimum absolute atomic E-state index is 0.0693. The highest BCUT2D eigenvalue weighted by atomic mass is 35.5. The van der Waals surface area contributed by atoms with E-state index in [4.69, 9.17) is 16.0 Å². The monoisotopic (exact) mass is 403 g/mol. The molecule has 0 atom stereocenters. The molecule has 0 aliphatic heterocycles. The van der Waals surface area contributed by atoms with E-state index < -0.39 is 32.3 Å². The molecule has 0 unspecified atom stereocenters. The van der Waals surface area contributed by atoms with E-state index in [1.54, 1.807) is 0 Å². The molecule has 2 aromatic carbocycles. The second-order valence-electron chi connectivity index (χ2n) is 5.26. The van der Waals surface area contributed by atoms with Gasteiger partial charge in [0, 0.05) is 17.1 Å². The molecule has 0 bridgehead atoms. The van der Waals surface area contributed by atoms with Crippen molar-refractivity contribution in [3.05, 3.63) is 69.5 Å². The van der Waals surface area contributed by atoms with Crippen LogP contribution < -0.4 is 10.3 Å². The molecule has 26 heavy (non-hydrogen) atoms. The minimum Gasteiger partial charge on any atom is -0.423 e. The van der Waals surface area contributed by atoms with E-state index in [9.17, 15) is 26.4 Å². The van der Waals surface area contributed by atoms with Crippen LogP contribution in [-0.2, 0) is 16.2 Å². The first-order chi connectivity index (χ1) is 12.1. The lowest BCUT2D eigenvalue weighted by Crippen LogP contribution is -2.15. The molecule has 10 heteroatoms. The fourth-order valence-corrected chi connectivity index (χ4v) is 3.81. The Morgan fingerprint density at radius 1 is 1.00 bits per heavy atom. The Bertz CT molecular complexity index is 1160. The summed E-state index contributed by atoms with van der Waals surface area (Å²) < 4.78 is 70.5. The van der Waals surface area contributed by atoms with Gasteiger partial charge in [0.2, 0.25) is 0 Å². The zero-order valence-electron chi connectivity index (χ0n) is 12.7. The Hall–Kier alpha value is -2.52. The molecule has 0 radical (unpaired) electrons. The summed E-state index contributed by atoms with van der Waals surface area (Å²) in [5, 5.41) is 0.0808. The van der Waals surface area contributed by atoms with Crippen molar-refractivity contribution in [3.8, 4) is 0 Å². The van der Waals surface area contributed by atoms with Crippen molar-refractivity contribution in [1.82, 2.24) is 0 Å². The molecule has 0 aliphatic rings. The number of alkyl halides is 3. The number of rotatable bonds is 3. The van der Waals surface area contributed by atoms with E-state index in [1.807, 2.05) is 0 Å². The van der Waals surface area contributed by atoms with Crippen LogP contribution in [0, 0.1) is 0 Å². The van der Waals surface area contributed by atoms with Gasteiger partial charge in [-0.3, -0.25) is 4.72 Å². The Morgan fingerprint density at radius 3 is 2.42 bits per heavy atom. The predicted molar refractivity (Wildman–Crippen MR) is 89.7 cm³/mol. The average molecular weight is 404 g/mol. The molecule has 136 valence electrons. The van der Waals surface area contributed by atoms with Crippen LogP contribution in [0.2, 0.25) is 5.02 Å². The van der Waals surface area contributed by atoms with Gasteiger partial charge in [-0.25, -0.2) is 13.2 Å². The number of halogens is 4. The third kappa shape index (κ3) is 3.68. The number of fused-ring (bicyclic) bond motifs is 1. The third-order valence-corrected chi connectivity index (χ3v) is 5.28. The second-order valence-corrected chi connectivity index (χ2v) is 7.31. The van der Waals surface area contributed by atoms with E-state index in [2.05, 4.69) is 4.72 Å². The zero-order chi connectivity index (χ0) is 19.1. The van der Waals surface area contributed by atoms with Crippen molar-refractivity contribution in [2.45, 2.75) is 11.1 Å². The number of hydrogen-bond acceptors (Lipinski definition) is 4. The van der Waals surface area contributed by atoms with Gasteiger partial charge in [-0.2, -0.15) is 13.2 Å². The normalized spacial score (nSPS) is 12.3. The molecular weight excluding hydrogens is 395 g/mol. The SMILES string of the molecule is O=c1ccc2cc(NS(=O)(=O)c3cc(C(F)(F)F)ccc3Cl)ccc2o1. The van der Waals surface area contributed by atoms with Crippen LogP contribution in [-0.4, -0.2) is 8.42 Å². The summed E-state index contributed by atoms with van der Waals surface area (Å²) in [5.41, 5.74) is -1.40. The van der Waals surface area contributed by atoms with Gasteiger partial charge in [0.05, 0.1) is 10.6 Å². The van der Waals surface area contributed by atoms with Gasteiger partial charge in [0.25, 0.3) is 10.0 Å². The lowest BCUT2D eigenvalue weighted by Gasteiger charge is -2.13. The summed E-state index contributed by atoms with van der Waals surface area (Å²) >= 11 is 5.77. The number of benzene rings is 2. The molecule has 1 aromatic heterocycles. The van der Waals surface area contributed by atoms with Gasteiger partial charge in [-0.1, -0.05) is 11.6 Å². The quantitative estimate of drug-likeness (QED) is 0.663. The predicted octanol–water partition coefficient (Wildman–Crippen LogP) is 4.27. The van der Waals surface area contributed by atoms with Crippen LogP contribution in [0.15, 0.2) is 62.6 Å². The Kier molecular flexibility index (Phi) is 4.45. The first kappa shape index (κ1) is 18.3. The van der Waals surface area contributed by atoms with E-state index >= 15 is 0 Å². The molecular formula is C16H9ClF3NO4S. The second kappa shape index (κ2) is 6.33. The molecule has 0 amide bonds. The lowest BCUT2D eigenvalue weighted by molar-refractivity contribution is -0.137. The maximum atomic E-state index is 12.8. The fourth-order valence-electron chi connectivity index (χ4n) is 2.23. The van der Waals surface area contributed by atoms with Crippen molar-refractivity contribution in [1.29, 1.82) is 0 Å². The van der Waals surface area contributed by atoms with Crippen LogP contribution in [0.4, 0.5) is 18.9 Å². The molecule has 0 saturated carbocycles. The highest BCUT2D eigenvalue weighted by molar-refractivity contribution is 7.92. The third-order valence-electron chi connectivity index (χ3n) is 3.42. The van der Waals surface area contributed by atoms with Crippen molar-refractivity contribution < 1.29 is 26.0 Å². The number of hydrogen-bond donors (Lipinski definition) is 1. The molecule has 3 aromatic rings. The van der Waals surface area contributed by atoms with Gasteiger partial charge in [0.1, 0.15) is 10.5 Å². The van der Waals surface area contributed by atoms with Crippen molar-refractivity contribution >= 4 is 38.3 Å². The molecule has 0 saturated heterocycles. The molecule has 1 heterocycles. The molecule has 0 spiro atoms. The standard InChI is InChI=1S/C16H9ClF3NO4S/c17-12-4-2-10(16(18,19)20)8-14(12)26(23,24)21-11-3-5-13-9(7-11)1-6-15(22)25-13/h1-8,21H. The van der Waals surface area contributed by atoms with Gasteiger partial charge >= 0.3 is 11.8 Å². The van der Waals surface area contributed by atoms with E-state index in [0.717, 1.165) is 12.1 Å². The fraction of sp³-hybridized carbons (Fsp3) is 0.0625. The van der Waals surface area contributed by atoms with Crippen LogP contribution in [0.1, 0.15) is 5.56 Å². The summed E-state index contributed by atoms with van der Waals surface area (Å²) in [5.74, 6) is 0. The minimum atomic E-state index is -4.71. The first-order valence-electron chi connectivity index (χ1n) is 7.00. The summed E-state index contributed by atoms with van der Waals surface area (Å²) in [7, 11) is -4.38. The maximum Gasteiger partial charge on any atom is 0.416 e. The lowest BCUT2D eigenvalue weighted by atomic mass is 10.2. The zero-order valence-corrected chi connectivity index (χ0v) is 14.2. The number of anilines is 1. The molecule has 3 rings (SSSR count). The van der Waals surface area contributed by atoms with Crippen molar-refractivity contribution in [2.75, 3.05) is 4.72 Å². The Morgan fingerprint density at radius 2 is 1.73 bits per heavy atom. The van der Waals surface area contributed by atoms with Crippen molar-refractivity contribution in [3.63, 3.8) is 0 Å². The van der Waals surface area contributed by atoms with Crippen LogP contribution in [0.5, 0.6) is 0 Å². The van der Waals surface area contributed by atoms with Crippen LogP contribution >= 0.6 is 11.6 Å². The molecule has 0 fully saturated rings. The van der Waals surface area contributed by atoms with Crippen molar-refractivity contribution in [2.24, 2.45) is 0 Å². The summed E-state index contributed by atoms with van der Waals surface area (Å²) in [6.45, 7) is 0. The van der Waals surface area contributed by atoms with Gasteiger partial charge < -0.3 is 4.42 Å². The van der Waals surface area contributed by atoms with Crippen LogP contribution in [0.25, 0.3) is 11.0 Å². The topological polar surface area (TPSA) is 76.4 Å². The van der Waals surface area contributed by atoms with Crippen LogP contribution in [0.3, 0.4) is 0 Å². The molecule has 5 nitrogen and oxygen atoms in total. The van der Waals surface area contributed by atoms with E-state index in [-0.39, 0.29) is 16.3 Å². The van der Waals surface area contributed by atoms with E-state index in [0.29, 0.717) is 17.5 Å².